The lowest BCUT2D eigenvalue weighted by atomic mass is 10.1. The highest BCUT2D eigenvalue weighted by Crippen LogP contribution is 2.22. The number of fused-ring (bicyclic) bond motifs is 1. The van der Waals surface area contributed by atoms with Gasteiger partial charge < -0.3 is 5.73 Å². The molecule has 0 atom stereocenters. The summed E-state index contributed by atoms with van der Waals surface area (Å²) in [7, 11) is 0. The van der Waals surface area contributed by atoms with Crippen LogP contribution in [0, 0.1) is 11.3 Å². The topological polar surface area (TPSA) is 49.8 Å². The predicted octanol–water partition coefficient (Wildman–Crippen LogP) is 3.43. The number of allylic oxidation sites excluding steroid dienone is 1. The largest absolute Gasteiger partial charge is 0.398 e. The zero-order valence-electron chi connectivity index (χ0n) is 8.44. The van der Waals surface area contributed by atoms with Crippen molar-refractivity contribution in [1.29, 1.82) is 5.26 Å². The first-order valence-corrected chi connectivity index (χ1v) is 5.55. The summed E-state index contributed by atoms with van der Waals surface area (Å²) in [6.45, 7) is 0. The lowest BCUT2D eigenvalue weighted by Gasteiger charge is -2.03. The van der Waals surface area contributed by atoms with Crippen LogP contribution in [0.3, 0.4) is 0 Å². The van der Waals surface area contributed by atoms with Crippen molar-refractivity contribution >= 4 is 32.4 Å². The van der Waals surface area contributed by atoms with Crippen molar-refractivity contribution < 1.29 is 0 Å². The quantitative estimate of drug-likeness (QED) is 0.809. The van der Waals surface area contributed by atoms with Crippen LogP contribution in [0.25, 0.3) is 16.5 Å². The van der Waals surface area contributed by atoms with Crippen LogP contribution in [0.15, 0.2) is 46.9 Å². The maximum absolute atomic E-state index is 8.54. The second-order valence-corrected chi connectivity index (χ2v) is 4.35. The number of nitrogens with zero attached hydrogens (tertiary/aromatic N) is 1. The molecule has 0 amide bonds. The fourth-order valence-electron chi connectivity index (χ4n) is 1.55. The smallest absolute Gasteiger partial charge is 0.0933 e. The molecule has 2 nitrogen and oxygen atoms in total. The van der Waals surface area contributed by atoms with Crippen molar-refractivity contribution in [1.82, 2.24) is 0 Å². The van der Waals surface area contributed by atoms with Crippen molar-refractivity contribution in [3.8, 4) is 6.07 Å². The standard InChI is InChI=1S/C13H9BrN2/c14-12-4-3-9-7-11(13(16)5-6-15)2-1-10(9)8-12/h1-5,7-8H,16H2/b13-5+. The number of halogens is 1. The third-order valence-corrected chi connectivity index (χ3v) is 2.85. The molecule has 0 aromatic heterocycles. The maximum Gasteiger partial charge on any atom is 0.0933 e. The molecule has 78 valence electrons. The Kier molecular flexibility index (Phi) is 2.93. The summed E-state index contributed by atoms with van der Waals surface area (Å²) in [5.74, 6) is 0. The third-order valence-electron chi connectivity index (χ3n) is 2.36. The van der Waals surface area contributed by atoms with Crippen LogP contribution < -0.4 is 5.73 Å². The van der Waals surface area contributed by atoms with Crippen LogP contribution >= 0.6 is 15.9 Å². The van der Waals surface area contributed by atoms with Crippen molar-refractivity contribution in [3.05, 3.63) is 52.5 Å². The molecule has 0 aliphatic heterocycles. The van der Waals surface area contributed by atoms with E-state index in [1.54, 1.807) is 0 Å². The molecule has 0 aliphatic carbocycles. The first-order valence-electron chi connectivity index (χ1n) is 4.75. The number of nitrogens with two attached hydrogens (primary N) is 1. The van der Waals surface area contributed by atoms with Crippen LogP contribution in [-0.4, -0.2) is 0 Å². The highest BCUT2D eigenvalue weighted by molar-refractivity contribution is 9.10. The molecular formula is C13H9BrN2. The Morgan fingerprint density at radius 1 is 1.19 bits per heavy atom. The summed E-state index contributed by atoms with van der Waals surface area (Å²) >= 11 is 3.43. The highest BCUT2D eigenvalue weighted by Gasteiger charge is 1.99. The Bertz CT molecular complexity index is 609. The van der Waals surface area contributed by atoms with Crippen LogP contribution in [0.2, 0.25) is 0 Å². The van der Waals surface area contributed by atoms with E-state index < -0.39 is 0 Å². The number of hydrogen-bond donors (Lipinski definition) is 1. The molecule has 0 spiro atoms. The zero-order chi connectivity index (χ0) is 11.5. The summed E-state index contributed by atoms with van der Waals surface area (Å²) in [5.41, 5.74) is 7.12. The summed E-state index contributed by atoms with van der Waals surface area (Å²) in [6.07, 6.45) is 1.35. The van der Waals surface area contributed by atoms with Gasteiger partial charge in [0.15, 0.2) is 0 Å². The minimum atomic E-state index is 0.493. The summed E-state index contributed by atoms with van der Waals surface area (Å²) in [6, 6.07) is 13.9. The molecule has 0 radical (unpaired) electrons. The van der Waals surface area contributed by atoms with E-state index in [-0.39, 0.29) is 0 Å². The van der Waals surface area contributed by atoms with Crippen LogP contribution in [0.5, 0.6) is 0 Å². The molecular weight excluding hydrogens is 264 g/mol. The van der Waals surface area contributed by atoms with Gasteiger partial charge in [-0.15, -0.1) is 0 Å². The normalized spacial score (nSPS) is 11.4. The first-order chi connectivity index (χ1) is 7.70. The predicted molar refractivity (Wildman–Crippen MR) is 69.4 cm³/mol. The van der Waals surface area contributed by atoms with Gasteiger partial charge in [0.25, 0.3) is 0 Å². The molecule has 0 saturated carbocycles. The molecule has 3 heteroatoms. The lowest BCUT2D eigenvalue weighted by molar-refractivity contribution is 1.50. The highest BCUT2D eigenvalue weighted by atomic mass is 79.9. The van der Waals surface area contributed by atoms with E-state index in [1.165, 1.54) is 6.08 Å². The number of benzene rings is 2. The SMILES string of the molecule is N#C/C=C(/N)c1ccc2cc(Br)ccc2c1. The zero-order valence-corrected chi connectivity index (χ0v) is 10.0. The van der Waals surface area contributed by atoms with E-state index in [9.17, 15) is 0 Å². The van der Waals surface area contributed by atoms with Gasteiger partial charge in [-0.25, -0.2) is 0 Å². The van der Waals surface area contributed by atoms with E-state index >= 15 is 0 Å². The summed E-state index contributed by atoms with van der Waals surface area (Å²) in [4.78, 5) is 0. The van der Waals surface area contributed by atoms with Gasteiger partial charge in [-0.2, -0.15) is 5.26 Å². The van der Waals surface area contributed by atoms with Gasteiger partial charge in [0.2, 0.25) is 0 Å². The average molecular weight is 273 g/mol. The van der Waals surface area contributed by atoms with Gasteiger partial charge in [-0.05, 0) is 34.5 Å². The molecule has 0 aliphatic rings. The van der Waals surface area contributed by atoms with Crippen LogP contribution in [0.1, 0.15) is 5.56 Å². The minimum Gasteiger partial charge on any atom is -0.398 e. The molecule has 2 N–H and O–H groups in total. The van der Waals surface area contributed by atoms with E-state index in [0.717, 1.165) is 20.8 Å². The summed E-state index contributed by atoms with van der Waals surface area (Å²) in [5, 5.41) is 10.8. The monoisotopic (exact) mass is 272 g/mol. The van der Waals surface area contributed by atoms with Gasteiger partial charge in [0, 0.05) is 16.2 Å². The van der Waals surface area contributed by atoms with E-state index in [4.69, 9.17) is 11.0 Å². The van der Waals surface area contributed by atoms with Gasteiger partial charge in [-0.1, -0.05) is 34.1 Å². The minimum absolute atomic E-state index is 0.493. The number of hydrogen-bond acceptors (Lipinski definition) is 2. The fourth-order valence-corrected chi connectivity index (χ4v) is 1.93. The third kappa shape index (κ3) is 2.07. The van der Waals surface area contributed by atoms with Gasteiger partial charge in [0.1, 0.15) is 0 Å². The number of rotatable bonds is 1. The Morgan fingerprint density at radius 2 is 1.88 bits per heavy atom. The van der Waals surface area contributed by atoms with Crippen LogP contribution in [-0.2, 0) is 0 Å². The Labute approximate surface area is 102 Å². The van der Waals surface area contributed by atoms with E-state index in [1.807, 2.05) is 42.5 Å². The molecule has 16 heavy (non-hydrogen) atoms. The molecule has 0 heterocycles. The Hall–Kier alpha value is -1.79. The molecule has 0 fully saturated rings. The van der Waals surface area contributed by atoms with Gasteiger partial charge in [0.05, 0.1) is 6.07 Å². The second kappa shape index (κ2) is 4.38. The summed E-state index contributed by atoms with van der Waals surface area (Å²) < 4.78 is 1.05. The van der Waals surface area contributed by atoms with E-state index in [2.05, 4.69) is 15.9 Å². The van der Waals surface area contributed by atoms with Crippen molar-refractivity contribution in [2.45, 2.75) is 0 Å². The lowest BCUT2D eigenvalue weighted by Crippen LogP contribution is -1.95. The second-order valence-electron chi connectivity index (χ2n) is 3.44. The fraction of sp³-hybridized carbons (Fsp3) is 0. The number of nitriles is 1. The van der Waals surface area contributed by atoms with Gasteiger partial charge in [-0.3, -0.25) is 0 Å². The molecule has 0 saturated heterocycles. The van der Waals surface area contributed by atoms with E-state index in [0.29, 0.717) is 5.70 Å². The molecule has 2 aromatic rings. The van der Waals surface area contributed by atoms with Gasteiger partial charge >= 0.3 is 0 Å². The molecule has 2 aromatic carbocycles. The Balaban J connectivity index is 2.58. The van der Waals surface area contributed by atoms with Crippen molar-refractivity contribution in [2.75, 3.05) is 0 Å². The molecule has 0 unspecified atom stereocenters. The Morgan fingerprint density at radius 3 is 2.62 bits per heavy atom. The maximum atomic E-state index is 8.54. The molecule has 0 bridgehead atoms. The van der Waals surface area contributed by atoms with Crippen molar-refractivity contribution in [2.24, 2.45) is 5.73 Å². The van der Waals surface area contributed by atoms with Crippen molar-refractivity contribution in [3.63, 3.8) is 0 Å². The molecule has 2 rings (SSSR count). The van der Waals surface area contributed by atoms with Crippen LogP contribution in [0.4, 0.5) is 0 Å². The average Bonchev–Trinajstić information content (AvgIpc) is 2.28. The first kappa shape index (κ1) is 10.7.